The van der Waals surface area contributed by atoms with Crippen LogP contribution in [0, 0.1) is 17.2 Å². The number of benzene rings is 1. The highest BCUT2D eigenvalue weighted by atomic mass is 79.9. The second kappa shape index (κ2) is 6.55. The van der Waals surface area contributed by atoms with Gasteiger partial charge in [-0.3, -0.25) is 0 Å². The molecule has 0 atom stereocenters. The Bertz CT molecular complexity index is 380. The molecule has 0 heterocycles. The predicted octanol–water partition coefficient (Wildman–Crippen LogP) is 4.17. The summed E-state index contributed by atoms with van der Waals surface area (Å²) in [6.45, 7) is 5.36. The summed E-state index contributed by atoms with van der Waals surface area (Å²) < 4.78 is 0.998. The van der Waals surface area contributed by atoms with Crippen molar-refractivity contribution in [1.82, 2.24) is 0 Å². The molecule has 0 unspecified atom stereocenters. The first-order chi connectivity index (χ1) is 7.63. The van der Waals surface area contributed by atoms with Crippen LogP contribution >= 0.6 is 15.9 Å². The fourth-order valence-corrected chi connectivity index (χ4v) is 1.85. The lowest BCUT2D eigenvalue weighted by molar-refractivity contribution is 0.567. The Kier molecular flexibility index (Phi) is 5.34. The topological polar surface area (TPSA) is 35.8 Å². The monoisotopic (exact) mass is 280 g/mol. The van der Waals surface area contributed by atoms with Gasteiger partial charge in [-0.05, 0) is 37.0 Å². The molecule has 1 rings (SSSR count). The molecule has 2 nitrogen and oxygen atoms in total. The highest BCUT2D eigenvalue weighted by Crippen LogP contribution is 2.20. The van der Waals surface area contributed by atoms with E-state index in [9.17, 15) is 0 Å². The van der Waals surface area contributed by atoms with E-state index in [0.29, 0.717) is 5.56 Å². The zero-order valence-corrected chi connectivity index (χ0v) is 11.3. The maximum absolute atomic E-state index is 8.95. The van der Waals surface area contributed by atoms with Gasteiger partial charge in [-0.1, -0.05) is 29.8 Å². The molecule has 0 radical (unpaired) electrons. The molecule has 0 aliphatic heterocycles. The number of halogens is 1. The second-order valence-electron chi connectivity index (χ2n) is 4.26. The minimum absolute atomic E-state index is 0.702. The molecule has 0 aromatic heterocycles. The Morgan fingerprint density at radius 3 is 2.81 bits per heavy atom. The van der Waals surface area contributed by atoms with Crippen molar-refractivity contribution in [3.05, 3.63) is 28.2 Å². The lowest BCUT2D eigenvalue weighted by atomic mass is 10.1. The van der Waals surface area contributed by atoms with E-state index in [1.165, 1.54) is 6.42 Å². The van der Waals surface area contributed by atoms with Gasteiger partial charge >= 0.3 is 0 Å². The Balaban J connectivity index is 2.53. The van der Waals surface area contributed by atoms with Gasteiger partial charge in [0.05, 0.1) is 11.3 Å². The largest absolute Gasteiger partial charge is 0.384 e. The normalized spacial score (nSPS) is 10.2. The highest BCUT2D eigenvalue weighted by Gasteiger charge is 2.02. The quantitative estimate of drug-likeness (QED) is 0.822. The van der Waals surface area contributed by atoms with E-state index < -0.39 is 0 Å². The second-order valence-corrected chi connectivity index (χ2v) is 5.18. The number of rotatable bonds is 5. The van der Waals surface area contributed by atoms with Crippen LogP contribution in [0.5, 0.6) is 0 Å². The lowest BCUT2D eigenvalue weighted by Crippen LogP contribution is -2.04. The fraction of sp³-hybridized carbons (Fsp3) is 0.462. The van der Waals surface area contributed by atoms with Crippen molar-refractivity contribution in [3.63, 3.8) is 0 Å². The van der Waals surface area contributed by atoms with Gasteiger partial charge in [0.25, 0.3) is 0 Å². The third kappa shape index (κ3) is 4.24. The zero-order chi connectivity index (χ0) is 12.0. The van der Waals surface area contributed by atoms with Crippen molar-refractivity contribution in [2.75, 3.05) is 11.9 Å². The van der Waals surface area contributed by atoms with Gasteiger partial charge in [0.2, 0.25) is 0 Å². The summed E-state index contributed by atoms with van der Waals surface area (Å²) in [4.78, 5) is 0. The molecular formula is C13H17BrN2. The lowest BCUT2D eigenvalue weighted by Gasteiger charge is -2.09. The number of hydrogen-bond donors (Lipinski definition) is 1. The van der Waals surface area contributed by atoms with Crippen LogP contribution in [0.2, 0.25) is 0 Å². The summed E-state index contributed by atoms with van der Waals surface area (Å²) in [7, 11) is 0. The molecule has 0 aliphatic rings. The first-order valence-electron chi connectivity index (χ1n) is 5.57. The van der Waals surface area contributed by atoms with Crippen LogP contribution in [0.3, 0.4) is 0 Å². The van der Waals surface area contributed by atoms with Crippen LogP contribution in [0.15, 0.2) is 22.7 Å². The Labute approximate surface area is 106 Å². The van der Waals surface area contributed by atoms with Gasteiger partial charge in [-0.15, -0.1) is 0 Å². The minimum Gasteiger partial charge on any atom is -0.384 e. The van der Waals surface area contributed by atoms with Crippen molar-refractivity contribution in [2.45, 2.75) is 26.7 Å². The van der Waals surface area contributed by atoms with Crippen LogP contribution < -0.4 is 5.32 Å². The molecule has 1 aromatic carbocycles. The van der Waals surface area contributed by atoms with Gasteiger partial charge in [-0.2, -0.15) is 5.26 Å². The summed E-state index contributed by atoms with van der Waals surface area (Å²) in [6.07, 6.45) is 2.35. The average molecular weight is 281 g/mol. The standard InChI is InChI=1S/C13H17BrN2/c1-10(2)4-3-7-16-13-8-12(14)6-5-11(13)9-15/h5-6,8,10,16H,3-4,7H2,1-2H3. The molecule has 0 bridgehead atoms. The maximum Gasteiger partial charge on any atom is 0.101 e. The summed E-state index contributed by atoms with van der Waals surface area (Å²) in [5.74, 6) is 0.736. The molecule has 3 heteroatoms. The van der Waals surface area contributed by atoms with Crippen LogP contribution in [-0.2, 0) is 0 Å². The smallest absolute Gasteiger partial charge is 0.101 e. The highest BCUT2D eigenvalue weighted by molar-refractivity contribution is 9.10. The van der Waals surface area contributed by atoms with E-state index >= 15 is 0 Å². The van der Waals surface area contributed by atoms with E-state index in [2.05, 4.69) is 41.2 Å². The van der Waals surface area contributed by atoms with E-state index in [1.54, 1.807) is 0 Å². The molecule has 0 aliphatic carbocycles. The van der Waals surface area contributed by atoms with Crippen LogP contribution in [0.1, 0.15) is 32.3 Å². The molecule has 1 aromatic rings. The molecule has 0 amide bonds. The molecule has 0 saturated heterocycles. The van der Waals surface area contributed by atoms with Crippen LogP contribution in [-0.4, -0.2) is 6.54 Å². The maximum atomic E-state index is 8.95. The Morgan fingerprint density at radius 2 is 2.19 bits per heavy atom. The molecule has 16 heavy (non-hydrogen) atoms. The molecule has 0 spiro atoms. The molecule has 86 valence electrons. The van der Waals surface area contributed by atoms with E-state index in [1.807, 2.05) is 18.2 Å². The molecule has 1 N–H and O–H groups in total. The van der Waals surface area contributed by atoms with Gasteiger partial charge in [0, 0.05) is 11.0 Å². The minimum atomic E-state index is 0.702. The van der Waals surface area contributed by atoms with Crippen LogP contribution in [0.4, 0.5) is 5.69 Å². The Hall–Kier alpha value is -1.01. The van der Waals surface area contributed by atoms with E-state index in [0.717, 1.165) is 29.0 Å². The van der Waals surface area contributed by atoms with Crippen molar-refractivity contribution < 1.29 is 0 Å². The molecule has 0 saturated carbocycles. The number of anilines is 1. The summed E-state index contributed by atoms with van der Waals surface area (Å²) in [6, 6.07) is 7.86. The summed E-state index contributed by atoms with van der Waals surface area (Å²) >= 11 is 3.41. The van der Waals surface area contributed by atoms with Crippen molar-refractivity contribution in [2.24, 2.45) is 5.92 Å². The van der Waals surface area contributed by atoms with Gasteiger partial charge in [-0.25, -0.2) is 0 Å². The van der Waals surface area contributed by atoms with Crippen molar-refractivity contribution >= 4 is 21.6 Å². The zero-order valence-electron chi connectivity index (χ0n) is 9.76. The number of hydrogen-bond acceptors (Lipinski definition) is 2. The summed E-state index contributed by atoms with van der Waals surface area (Å²) in [5.41, 5.74) is 1.62. The van der Waals surface area contributed by atoms with Gasteiger partial charge < -0.3 is 5.32 Å². The number of nitrogens with one attached hydrogen (secondary N) is 1. The van der Waals surface area contributed by atoms with Crippen molar-refractivity contribution in [1.29, 1.82) is 5.26 Å². The summed E-state index contributed by atoms with van der Waals surface area (Å²) in [5, 5.41) is 12.3. The molecule has 0 fully saturated rings. The van der Waals surface area contributed by atoms with E-state index in [-0.39, 0.29) is 0 Å². The van der Waals surface area contributed by atoms with E-state index in [4.69, 9.17) is 5.26 Å². The Morgan fingerprint density at radius 1 is 1.44 bits per heavy atom. The number of nitriles is 1. The third-order valence-electron chi connectivity index (χ3n) is 2.38. The van der Waals surface area contributed by atoms with Gasteiger partial charge in [0.15, 0.2) is 0 Å². The third-order valence-corrected chi connectivity index (χ3v) is 2.87. The SMILES string of the molecule is CC(C)CCCNc1cc(Br)ccc1C#N. The van der Waals surface area contributed by atoms with Crippen LogP contribution in [0.25, 0.3) is 0 Å². The first kappa shape index (κ1) is 13.1. The predicted molar refractivity (Wildman–Crippen MR) is 71.4 cm³/mol. The average Bonchev–Trinajstić information content (AvgIpc) is 2.24. The van der Waals surface area contributed by atoms with Gasteiger partial charge in [0.1, 0.15) is 6.07 Å². The fourth-order valence-electron chi connectivity index (χ4n) is 1.49. The van der Waals surface area contributed by atoms with Crippen molar-refractivity contribution in [3.8, 4) is 6.07 Å². The number of nitrogens with zero attached hydrogens (tertiary/aromatic N) is 1. The first-order valence-corrected chi connectivity index (χ1v) is 6.36. The molecular weight excluding hydrogens is 264 g/mol.